The third kappa shape index (κ3) is 4.85. The Morgan fingerprint density at radius 2 is 1.79 bits per heavy atom. The van der Waals surface area contributed by atoms with Gasteiger partial charge in [-0.15, -0.1) is 0 Å². The molecule has 1 N–H and O–H groups in total. The molecule has 0 unspecified atom stereocenters. The number of carbonyl (C=O) groups excluding carboxylic acids is 1. The van der Waals surface area contributed by atoms with Crippen molar-refractivity contribution in [3.8, 4) is 23.0 Å². The van der Waals surface area contributed by atoms with E-state index in [1.54, 1.807) is 31.2 Å². The molecule has 1 amide bonds. The zero-order valence-electron chi connectivity index (χ0n) is 15.5. The minimum Gasteiger partial charge on any atom is -0.494 e. The molecule has 0 bridgehead atoms. The third-order valence-corrected chi connectivity index (χ3v) is 3.83. The first kappa shape index (κ1) is 19.3. The highest BCUT2D eigenvalue weighted by molar-refractivity contribution is 5.92. The Morgan fingerprint density at radius 3 is 2.43 bits per heavy atom. The Kier molecular flexibility index (Phi) is 6.21. The lowest BCUT2D eigenvalue weighted by Crippen LogP contribution is -2.32. The van der Waals surface area contributed by atoms with E-state index in [-0.39, 0.29) is 17.7 Å². The maximum Gasteiger partial charge on any atom is 0.270 e. The highest BCUT2D eigenvalue weighted by Gasteiger charge is 2.21. The van der Waals surface area contributed by atoms with Crippen molar-refractivity contribution >= 4 is 11.9 Å². The van der Waals surface area contributed by atoms with Gasteiger partial charge in [0, 0.05) is 5.56 Å². The van der Waals surface area contributed by atoms with Crippen molar-refractivity contribution in [2.45, 2.75) is 26.4 Å². The number of anilines is 1. The van der Waals surface area contributed by atoms with Gasteiger partial charge in [0.05, 0.1) is 6.61 Å². The Balaban J connectivity index is 1.64. The molecule has 3 aromatic rings. The summed E-state index contributed by atoms with van der Waals surface area (Å²) in [6.45, 7) is 4.29. The molecule has 0 aliphatic heterocycles. The highest BCUT2D eigenvalue weighted by atomic mass is 19.1. The number of ether oxygens (including phenoxy) is 2. The summed E-state index contributed by atoms with van der Waals surface area (Å²) in [4.78, 5) is 16.6. The van der Waals surface area contributed by atoms with Crippen LogP contribution in [0.25, 0.3) is 11.5 Å². The van der Waals surface area contributed by atoms with Crippen molar-refractivity contribution in [3.05, 3.63) is 54.3 Å². The Labute approximate surface area is 161 Å². The van der Waals surface area contributed by atoms with Crippen LogP contribution in [0.2, 0.25) is 0 Å². The van der Waals surface area contributed by atoms with Crippen molar-refractivity contribution in [1.29, 1.82) is 0 Å². The predicted molar refractivity (Wildman–Crippen MR) is 101 cm³/mol. The molecule has 7 nitrogen and oxygen atoms in total. The smallest absolute Gasteiger partial charge is 0.270 e. The summed E-state index contributed by atoms with van der Waals surface area (Å²) in [6, 6.07) is 12.6. The Morgan fingerprint density at radius 1 is 1.11 bits per heavy atom. The Bertz CT molecular complexity index is 910. The highest BCUT2D eigenvalue weighted by Crippen LogP contribution is 2.22. The van der Waals surface area contributed by atoms with E-state index in [0.29, 0.717) is 24.3 Å². The van der Waals surface area contributed by atoms with Gasteiger partial charge < -0.3 is 14.0 Å². The van der Waals surface area contributed by atoms with E-state index in [9.17, 15) is 9.18 Å². The summed E-state index contributed by atoms with van der Waals surface area (Å²) >= 11 is 0. The van der Waals surface area contributed by atoms with Crippen molar-refractivity contribution in [3.63, 3.8) is 0 Å². The topological polar surface area (TPSA) is 86.5 Å². The van der Waals surface area contributed by atoms with E-state index in [1.807, 2.05) is 6.92 Å². The van der Waals surface area contributed by atoms with Crippen LogP contribution >= 0.6 is 0 Å². The monoisotopic (exact) mass is 385 g/mol. The quantitative estimate of drug-likeness (QED) is 0.629. The molecular weight excluding hydrogens is 365 g/mol. The number of amides is 1. The summed E-state index contributed by atoms with van der Waals surface area (Å²) in [7, 11) is 0. The van der Waals surface area contributed by atoms with E-state index in [4.69, 9.17) is 14.0 Å². The molecule has 0 aliphatic rings. The first-order chi connectivity index (χ1) is 13.6. The number of nitrogens with zero attached hydrogens (tertiary/aromatic N) is 2. The summed E-state index contributed by atoms with van der Waals surface area (Å²) in [5.41, 5.74) is 0.700. The van der Waals surface area contributed by atoms with E-state index in [2.05, 4.69) is 15.5 Å². The SMILES string of the molecule is CCOc1ccc(-c2nc(NC(=O)[C@@H](CC)Oc3ccc(F)cc3)no2)cc1. The first-order valence-electron chi connectivity index (χ1n) is 8.89. The van der Waals surface area contributed by atoms with Gasteiger partial charge >= 0.3 is 0 Å². The molecule has 8 heteroatoms. The molecule has 0 radical (unpaired) electrons. The van der Waals surface area contributed by atoms with E-state index in [1.165, 1.54) is 24.3 Å². The van der Waals surface area contributed by atoms with Gasteiger partial charge in [-0.2, -0.15) is 4.98 Å². The second kappa shape index (κ2) is 8.98. The van der Waals surface area contributed by atoms with E-state index < -0.39 is 12.0 Å². The van der Waals surface area contributed by atoms with Gasteiger partial charge in [-0.05, 0) is 67.0 Å². The van der Waals surface area contributed by atoms with Crippen molar-refractivity contribution in [2.24, 2.45) is 0 Å². The standard InChI is InChI=1S/C20H20FN3O4/c1-3-17(27-16-11-7-14(21)8-12-16)18(25)22-20-23-19(28-24-20)13-5-9-15(10-6-13)26-4-2/h5-12,17H,3-4H2,1-2H3,(H,22,24,25)/t17-/m1/s1. The molecule has 1 atom stereocenters. The number of rotatable bonds is 8. The molecule has 0 saturated carbocycles. The van der Waals surface area contributed by atoms with Crippen LogP contribution in [0, 0.1) is 5.82 Å². The minimum atomic E-state index is -0.780. The van der Waals surface area contributed by atoms with Crippen LogP contribution in [0.1, 0.15) is 20.3 Å². The number of benzene rings is 2. The lowest BCUT2D eigenvalue weighted by Gasteiger charge is -2.15. The van der Waals surface area contributed by atoms with E-state index in [0.717, 1.165) is 5.75 Å². The van der Waals surface area contributed by atoms with Gasteiger partial charge in [0.15, 0.2) is 6.10 Å². The number of hydrogen-bond donors (Lipinski definition) is 1. The summed E-state index contributed by atoms with van der Waals surface area (Å²) in [5, 5.41) is 6.34. The second-order valence-electron chi connectivity index (χ2n) is 5.84. The zero-order chi connectivity index (χ0) is 19.9. The molecular formula is C20H20FN3O4. The molecule has 0 fully saturated rings. The van der Waals surface area contributed by atoms with Gasteiger partial charge in [0.1, 0.15) is 17.3 Å². The first-order valence-corrected chi connectivity index (χ1v) is 8.89. The van der Waals surface area contributed by atoms with Crippen LogP contribution in [0.3, 0.4) is 0 Å². The van der Waals surface area contributed by atoms with Crippen LogP contribution in [0.4, 0.5) is 10.3 Å². The fourth-order valence-electron chi connectivity index (χ4n) is 2.44. The molecule has 1 heterocycles. The zero-order valence-corrected chi connectivity index (χ0v) is 15.5. The van der Waals surface area contributed by atoms with Gasteiger partial charge in [0.2, 0.25) is 0 Å². The number of hydrogen-bond acceptors (Lipinski definition) is 6. The van der Waals surface area contributed by atoms with Crippen LogP contribution in [-0.4, -0.2) is 28.8 Å². The second-order valence-corrected chi connectivity index (χ2v) is 5.84. The molecule has 28 heavy (non-hydrogen) atoms. The lowest BCUT2D eigenvalue weighted by atomic mass is 10.2. The molecule has 0 saturated heterocycles. The maximum atomic E-state index is 13.0. The fraction of sp³-hybridized carbons (Fsp3) is 0.250. The third-order valence-electron chi connectivity index (χ3n) is 3.83. The number of halogens is 1. The van der Waals surface area contributed by atoms with E-state index >= 15 is 0 Å². The summed E-state index contributed by atoms with van der Waals surface area (Å²) in [6.07, 6.45) is -0.370. The summed E-state index contributed by atoms with van der Waals surface area (Å²) < 4.78 is 29.2. The van der Waals surface area contributed by atoms with Crippen molar-refractivity contribution in [1.82, 2.24) is 10.1 Å². The van der Waals surface area contributed by atoms with Crippen LogP contribution in [0.5, 0.6) is 11.5 Å². The van der Waals surface area contributed by atoms with Crippen LogP contribution in [0.15, 0.2) is 53.1 Å². The van der Waals surface area contributed by atoms with Crippen LogP contribution < -0.4 is 14.8 Å². The number of aromatic nitrogens is 2. The number of carbonyl (C=O) groups is 1. The van der Waals surface area contributed by atoms with Crippen molar-refractivity contribution in [2.75, 3.05) is 11.9 Å². The molecule has 2 aromatic carbocycles. The minimum absolute atomic E-state index is 0.0371. The average Bonchev–Trinajstić information content (AvgIpc) is 3.16. The Hall–Kier alpha value is -3.42. The van der Waals surface area contributed by atoms with Crippen LogP contribution in [-0.2, 0) is 4.79 Å². The summed E-state index contributed by atoms with van der Waals surface area (Å²) in [5.74, 6) is 0.639. The van der Waals surface area contributed by atoms with Gasteiger partial charge in [0.25, 0.3) is 17.7 Å². The van der Waals surface area contributed by atoms with Crippen molar-refractivity contribution < 1.29 is 23.2 Å². The maximum absolute atomic E-state index is 13.0. The molecule has 146 valence electrons. The van der Waals surface area contributed by atoms with Gasteiger partial charge in [-0.1, -0.05) is 6.92 Å². The molecule has 1 aromatic heterocycles. The largest absolute Gasteiger partial charge is 0.494 e. The fourth-order valence-corrected chi connectivity index (χ4v) is 2.44. The molecule has 0 aliphatic carbocycles. The predicted octanol–water partition coefficient (Wildman–Crippen LogP) is 4.07. The lowest BCUT2D eigenvalue weighted by molar-refractivity contribution is -0.122. The van der Waals surface area contributed by atoms with Gasteiger partial charge in [-0.3, -0.25) is 10.1 Å². The molecule has 0 spiro atoms. The normalized spacial score (nSPS) is 11.7. The van der Waals surface area contributed by atoms with Gasteiger partial charge in [-0.25, -0.2) is 4.39 Å². The average molecular weight is 385 g/mol. The molecule has 3 rings (SSSR count). The number of nitrogens with one attached hydrogen (secondary N) is 1.